The number of thioether (sulfide) groups is 1. The van der Waals surface area contributed by atoms with Gasteiger partial charge in [0.05, 0.1) is 32.6 Å². The van der Waals surface area contributed by atoms with E-state index in [-0.39, 0.29) is 11.5 Å². The van der Waals surface area contributed by atoms with E-state index in [0.717, 1.165) is 35.1 Å². The first-order chi connectivity index (χ1) is 16.1. The van der Waals surface area contributed by atoms with E-state index >= 15 is 0 Å². The van der Waals surface area contributed by atoms with Crippen molar-refractivity contribution in [3.05, 3.63) is 48.0 Å². The Morgan fingerprint density at radius 3 is 2.30 bits per heavy atom. The number of aromatic nitrogens is 3. The van der Waals surface area contributed by atoms with Crippen LogP contribution in [0.4, 0.5) is 0 Å². The molecule has 1 heterocycles. The van der Waals surface area contributed by atoms with Crippen LogP contribution in [0.5, 0.6) is 17.2 Å². The van der Waals surface area contributed by atoms with Crippen molar-refractivity contribution in [3.8, 4) is 28.6 Å². The maximum atomic E-state index is 13.1. The fraction of sp³-hybridized carbons (Fsp3) is 0.400. The van der Waals surface area contributed by atoms with E-state index < -0.39 is 0 Å². The average molecular weight is 468 g/mol. The monoisotopic (exact) mass is 467 g/mol. The topological polar surface area (TPSA) is 75.5 Å². The molecule has 0 N–H and O–H groups in total. The van der Waals surface area contributed by atoms with Gasteiger partial charge in [0.1, 0.15) is 17.2 Å². The largest absolute Gasteiger partial charge is 0.497 e. The molecule has 2 aromatic carbocycles. The highest BCUT2D eigenvalue weighted by Crippen LogP contribution is 2.36. The predicted octanol–water partition coefficient (Wildman–Crippen LogP) is 5.45. The van der Waals surface area contributed by atoms with Crippen molar-refractivity contribution >= 4 is 17.5 Å². The molecule has 4 rings (SSSR count). The number of hydrogen-bond acceptors (Lipinski definition) is 7. The molecule has 1 fully saturated rings. The van der Waals surface area contributed by atoms with E-state index in [2.05, 4.69) is 14.8 Å². The molecule has 0 saturated heterocycles. The highest BCUT2D eigenvalue weighted by Gasteiger charge is 2.25. The van der Waals surface area contributed by atoms with Gasteiger partial charge in [-0.2, -0.15) is 0 Å². The lowest BCUT2D eigenvalue weighted by atomic mass is 9.95. The molecule has 1 saturated carbocycles. The number of carbonyl (C=O) groups excluding carboxylic acids is 1. The van der Waals surface area contributed by atoms with Crippen LogP contribution < -0.4 is 14.2 Å². The quantitative estimate of drug-likeness (QED) is 0.306. The maximum Gasteiger partial charge on any atom is 0.192 e. The third-order valence-corrected chi connectivity index (χ3v) is 6.94. The van der Waals surface area contributed by atoms with Gasteiger partial charge in [0.25, 0.3) is 0 Å². The van der Waals surface area contributed by atoms with Crippen LogP contribution in [-0.2, 0) is 0 Å². The number of Topliss-reactive ketones (excluding diaryl/α,β-unsaturated/α-hetero) is 1. The Labute approximate surface area is 198 Å². The second kappa shape index (κ2) is 10.7. The number of hydrogen-bond donors (Lipinski definition) is 0. The summed E-state index contributed by atoms with van der Waals surface area (Å²) < 4.78 is 18.2. The van der Waals surface area contributed by atoms with Crippen molar-refractivity contribution in [1.29, 1.82) is 0 Å². The molecule has 174 valence electrons. The predicted molar refractivity (Wildman–Crippen MR) is 129 cm³/mol. The fourth-order valence-corrected chi connectivity index (χ4v) is 5.11. The van der Waals surface area contributed by atoms with Crippen molar-refractivity contribution in [3.63, 3.8) is 0 Å². The number of carbonyl (C=O) groups is 1. The summed E-state index contributed by atoms with van der Waals surface area (Å²) in [4.78, 5) is 13.1. The summed E-state index contributed by atoms with van der Waals surface area (Å²) >= 11 is 1.42. The van der Waals surface area contributed by atoms with E-state index in [1.807, 2.05) is 24.3 Å². The summed E-state index contributed by atoms with van der Waals surface area (Å²) in [6.07, 6.45) is 5.82. The van der Waals surface area contributed by atoms with Gasteiger partial charge in [0.2, 0.25) is 0 Å². The zero-order chi connectivity index (χ0) is 23.2. The Balaban J connectivity index is 1.61. The Hall–Kier alpha value is -3.00. The zero-order valence-electron chi connectivity index (χ0n) is 19.2. The summed E-state index contributed by atoms with van der Waals surface area (Å²) in [5, 5.41) is 9.78. The lowest BCUT2D eigenvalue weighted by Crippen LogP contribution is -2.15. The Bertz CT molecular complexity index is 1090. The third-order valence-electron chi connectivity index (χ3n) is 5.99. The van der Waals surface area contributed by atoms with Gasteiger partial charge < -0.3 is 14.2 Å². The normalized spacial score (nSPS) is 14.2. The fourth-order valence-electron chi connectivity index (χ4n) is 4.22. The van der Waals surface area contributed by atoms with Gasteiger partial charge in [-0.15, -0.1) is 10.2 Å². The van der Waals surface area contributed by atoms with Crippen molar-refractivity contribution in [2.75, 3.05) is 27.1 Å². The molecule has 0 radical (unpaired) electrons. The number of nitrogens with zero attached hydrogens (tertiary/aromatic N) is 3. The van der Waals surface area contributed by atoms with Crippen LogP contribution in [0.2, 0.25) is 0 Å². The summed E-state index contributed by atoms with van der Waals surface area (Å²) in [6, 6.07) is 13.4. The summed E-state index contributed by atoms with van der Waals surface area (Å²) in [6.45, 7) is 0. The van der Waals surface area contributed by atoms with Crippen LogP contribution in [-0.4, -0.2) is 47.6 Å². The van der Waals surface area contributed by atoms with Gasteiger partial charge in [-0.05, 0) is 55.3 Å². The van der Waals surface area contributed by atoms with Crippen LogP contribution in [0.3, 0.4) is 0 Å². The molecule has 3 aromatic rings. The molecule has 0 unspecified atom stereocenters. The molecule has 7 nitrogen and oxygen atoms in total. The molecule has 1 aromatic heterocycles. The van der Waals surface area contributed by atoms with E-state index in [1.54, 1.807) is 39.5 Å². The number of benzene rings is 2. The van der Waals surface area contributed by atoms with Gasteiger partial charge in [0.15, 0.2) is 16.8 Å². The minimum atomic E-state index is -0.0417. The smallest absolute Gasteiger partial charge is 0.192 e. The summed E-state index contributed by atoms with van der Waals surface area (Å²) in [5.74, 6) is 2.98. The van der Waals surface area contributed by atoms with Crippen LogP contribution in [0.1, 0.15) is 48.5 Å². The second-order valence-electron chi connectivity index (χ2n) is 7.97. The molecule has 1 aliphatic carbocycles. The molecule has 0 amide bonds. The first-order valence-electron chi connectivity index (χ1n) is 11.1. The molecule has 0 atom stereocenters. The van der Waals surface area contributed by atoms with Crippen LogP contribution in [0.25, 0.3) is 11.4 Å². The highest BCUT2D eigenvalue weighted by molar-refractivity contribution is 7.99. The standard InChI is InChI=1S/C25H29N3O4S/c1-30-19-11-9-17(10-12-19)24-26-27-25(28(24)18-7-5-4-6-8-18)33-16-22(29)21-15-20(31-2)13-14-23(21)32-3/h9-15,18H,4-8,16H2,1-3H3. The van der Waals surface area contributed by atoms with Crippen molar-refractivity contribution in [2.24, 2.45) is 0 Å². The van der Waals surface area contributed by atoms with Crippen molar-refractivity contribution < 1.29 is 19.0 Å². The van der Waals surface area contributed by atoms with Gasteiger partial charge >= 0.3 is 0 Å². The van der Waals surface area contributed by atoms with Crippen LogP contribution in [0.15, 0.2) is 47.6 Å². The van der Waals surface area contributed by atoms with Gasteiger partial charge in [-0.1, -0.05) is 31.0 Å². The number of methoxy groups -OCH3 is 3. The molecular formula is C25H29N3O4S. The van der Waals surface area contributed by atoms with Crippen LogP contribution in [0, 0.1) is 0 Å². The lowest BCUT2D eigenvalue weighted by molar-refractivity contribution is 0.101. The number of ether oxygens (including phenoxy) is 3. The molecule has 33 heavy (non-hydrogen) atoms. The third kappa shape index (κ3) is 5.16. The average Bonchev–Trinajstić information content (AvgIpc) is 3.31. The molecular weight excluding hydrogens is 438 g/mol. The molecule has 0 bridgehead atoms. The minimum absolute atomic E-state index is 0.0417. The summed E-state index contributed by atoms with van der Waals surface area (Å²) in [7, 11) is 4.80. The van der Waals surface area contributed by atoms with Gasteiger partial charge in [0, 0.05) is 11.6 Å². The first kappa shape index (κ1) is 23.2. The Morgan fingerprint density at radius 1 is 0.939 bits per heavy atom. The minimum Gasteiger partial charge on any atom is -0.497 e. The van der Waals surface area contributed by atoms with E-state index in [1.165, 1.54) is 31.0 Å². The number of rotatable bonds is 9. The van der Waals surface area contributed by atoms with E-state index in [4.69, 9.17) is 14.2 Å². The van der Waals surface area contributed by atoms with Crippen molar-refractivity contribution in [2.45, 2.75) is 43.3 Å². The van der Waals surface area contributed by atoms with Crippen LogP contribution >= 0.6 is 11.8 Å². The molecule has 0 aliphatic heterocycles. The second-order valence-corrected chi connectivity index (χ2v) is 8.92. The Kier molecular flexibility index (Phi) is 7.54. The Morgan fingerprint density at radius 2 is 1.64 bits per heavy atom. The lowest BCUT2D eigenvalue weighted by Gasteiger charge is -2.25. The zero-order valence-corrected chi connectivity index (χ0v) is 20.1. The highest BCUT2D eigenvalue weighted by atomic mass is 32.2. The van der Waals surface area contributed by atoms with Gasteiger partial charge in [-0.3, -0.25) is 9.36 Å². The van der Waals surface area contributed by atoms with E-state index in [0.29, 0.717) is 23.1 Å². The SMILES string of the molecule is COc1ccc(-c2nnc(SCC(=O)c3cc(OC)ccc3OC)n2C2CCCCC2)cc1. The van der Waals surface area contributed by atoms with Crippen molar-refractivity contribution in [1.82, 2.24) is 14.8 Å². The molecule has 1 aliphatic rings. The number of ketones is 1. The summed E-state index contributed by atoms with van der Waals surface area (Å²) in [5.41, 5.74) is 1.49. The van der Waals surface area contributed by atoms with E-state index in [9.17, 15) is 4.79 Å². The molecule has 8 heteroatoms. The maximum absolute atomic E-state index is 13.1. The molecule has 0 spiro atoms. The van der Waals surface area contributed by atoms with Gasteiger partial charge in [-0.25, -0.2) is 0 Å². The first-order valence-corrected chi connectivity index (χ1v) is 12.1.